The number of nitrogens with one attached hydrogen (secondary N) is 1. The summed E-state index contributed by atoms with van der Waals surface area (Å²) in [6, 6.07) is 6.98. The lowest BCUT2D eigenvalue weighted by molar-refractivity contribution is 0.0720. The van der Waals surface area contributed by atoms with Gasteiger partial charge < -0.3 is 10.2 Å². The van der Waals surface area contributed by atoms with E-state index in [0.717, 1.165) is 18.0 Å². The fourth-order valence-electron chi connectivity index (χ4n) is 3.26. The van der Waals surface area contributed by atoms with Crippen LogP contribution in [0.4, 0.5) is 4.39 Å². The minimum absolute atomic E-state index is 0.273. The van der Waals surface area contributed by atoms with E-state index in [1.807, 2.05) is 0 Å². The minimum Gasteiger partial charge on any atom is -0.308 e. The summed E-state index contributed by atoms with van der Waals surface area (Å²) in [5.41, 5.74) is 1.33. The van der Waals surface area contributed by atoms with Crippen LogP contribution in [0, 0.1) is 23.1 Å². The van der Waals surface area contributed by atoms with Crippen LogP contribution in [0.1, 0.15) is 24.0 Å². The van der Waals surface area contributed by atoms with Gasteiger partial charge in [-0.25, -0.2) is 4.39 Å². The van der Waals surface area contributed by atoms with Gasteiger partial charge in [0.1, 0.15) is 5.82 Å². The van der Waals surface area contributed by atoms with E-state index in [1.54, 1.807) is 6.07 Å². The van der Waals surface area contributed by atoms with Crippen LogP contribution in [-0.2, 0) is 6.54 Å². The van der Waals surface area contributed by atoms with Crippen LogP contribution in [0.15, 0.2) is 18.2 Å². The van der Waals surface area contributed by atoms with Crippen molar-refractivity contribution in [3.05, 3.63) is 35.1 Å². The van der Waals surface area contributed by atoms with Gasteiger partial charge >= 0.3 is 0 Å². The lowest BCUT2D eigenvalue weighted by Crippen LogP contribution is -2.55. The zero-order valence-corrected chi connectivity index (χ0v) is 10.9. The normalized spacial score (nSPS) is 29.2. The van der Waals surface area contributed by atoms with Gasteiger partial charge in [-0.15, -0.1) is 0 Å². The molecular weight excluding hydrogens is 241 g/mol. The molecule has 0 radical (unpaired) electrons. The zero-order valence-electron chi connectivity index (χ0n) is 10.9. The van der Waals surface area contributed by atoms with Gasteiger partial charge in [0, 0.05) is 19.1 Å². The molecule has 100 valence electrons. The summed E-state index contributed by atoms with van der Waals surface area (Å²) in [6.45, 7) is 4.09. The first-order valence-corrected chi connectivity index (χ1v) is 6.90. The SMILES string of the molecule is N#Cc1ccc(F)cc1CNC1CN2CCC1CC2. The molecule has 3 nitrogen and oxygen atoms in total. The van der Waals surface area contributed by atoms with Gasteiger partial charge in [0.05, 0.1) is 11.6 Å². The van der Waals surface area contributed by atoms with Crippen molar-refractivity contribution >= 4 is 0 Å². The maximum atomic E-state index is 13.3. The lowest BCUT2D eigenvalue weighted by Gasteiger charge is -2.45. The molecule has 19 heavy (non-hydrogen) atoms. The van der Waals surface area contributed by atoms with Crippen molar-refractivity contribution in [3.8, 4) is 6.07 Å². The second kappa shape index (κ2) is 5.28. The Balaban J connectivity index is 1.66. The van der Waals surface area contributed by atoms with E-state index >= 15 is 0 Å². The summed E-state index contributed by atoms with van der Waals surface area (Å²) in [7, 11) is 0. The van der Waals surface area contributed by atoms with E-state index in [2.05, 4.69) is 16.3 Å². The van der Waals surface area contributed by atoms with Gasteiger partial charge in [0.15, 0.2) is 0 Å². The van der Waals surface area contributed by atoms with E-state index in [0.29, 0.717) is 18.2 Å². The number of hydrogen-bond acceptors (Lipinski definition) is 3. The molecule has 1 atom stereocenters. The van der Waals surface area contributed by atoms with Gasteiger partial charge in [-0.2, -0.15) is 5.26 Å². The molecule has 3 heterocycles. The molecule has 4 heteroatoms. The Morgan fingerprint density at radius 1 is 1.37 bits per heavy atom. The van der Waals surface area contributed by atoms with E-state index in [1.165, 1.54) is 38.1 Å². The number of piperidine rings is 3. The molecule has 0 aliphatic carbocycles. The van der Waals surface area contributed by atoms with E-state index in [-0.39, 0.29) is 5.82 Å². The van der Waals surface area contributed by atoms with Crippen molar-refractivity contribution in [2.45, 2.75) is 25.4 Å². The number of benzene rings is 1. The first-order valence-electron chi connectivity index (χ1n) is 6.90. The second-order valence-electron chi connectivity index (χ2n) is 5.54. The highest BCUT2D eigenvalue weighted by Crippen LogP contribution is 2.27. The Bertz CT molecular complexity index is 501. The van der Waals surface area contributed by atoms with Gasteiger partial charge in [-0.3, -0.25) is 0 Å². The molecule has 1 aromatic carbocycles. The van der Waals surface area contributed by atoms with Crippen LogP contribution >= 0.6 is 0 Å². The quantitative estimate of drug-likeness (QED) is 0.901. The van der Waals surface area contributed by atoms with E-state index in [9.17, 15) is 4.39 Å². The zero-order chi connectivity index (χ0) is 13.2. The van der Waals surface area contributed by atoms with Crippen LogP contribution in [0.2, 0.25) is 0 Å². The summed E-state index contributed by atoms with van der Waals surface area (Å²) in [5.74, 6) is 0.466. The molecule has 2 bridgehead atoms. The first-order chi connectivity index (χ1) is 9.26. The minimum atomic E-state index is -0.273. The van der Waals surface area contributed by atoms with Crippen LogP contribution in [0.3, 0.4) is 0 Å². The molecule has 1 aromatic rings. The van der Waals surface area contributed by atoms with Crippen molar-refractivity contribution < 1.29 is 4.39 Å². The molecule has 0 spiro atoms. The first kappa shape index (κ1) is 12.6. The largest absolute Gasteiger partial charge is 0.308 e. The van der Waals surface area contributed by atoms with E-state index < -0.39 is 0 Å². The van der Waals surface area contributed by atoms with Crippen molar-refractivity contribution in [1.29, 1.82) is 5.26 Å². The van der Waals surface area contributed by atoms with Crippen molar-refractivity contribution in [3.63, 3.8) is 0 Å². The summed E-state index contributed by atoms with van der Waals surface area (Å²) < 4.78 is 13.3. The van der Waals surface area contributed by atoms with Crippen LogP contribution in [-0.4, -0.2) is 30.6 Å². The predicted molar refractivity (Wildman–Crippen MR) is 70.9 cm³/mol. The number of halogens is 1. The number of rotatable bonds is 3. The third kappa shape index (κ3) is 2.63. The number of nitriles is 1. The second-order valence-corrected chi connectivity index (χ2v) is 5.54. The Morgan fingerprint density at radius 2 is 2.16 bits per heavy atom. The fourth-order valence-corrected chi connectivity index (χ4v) is 3.26. The summed E-state index contributed by atoms with van der Waals surface area (Å²) in [6.07, 6.45) is 2.51. The molecule has 0 aromatic heterocycles. The Morgan fingerprint density at radius 3 is 2.79 bits per heavy atom. The predicted octanol–water partition coefficient (Wildman–Crippen LogP) is 1.88. The van der Waals surface area contributed by atoms with Crippen LogP contribution < -0.4 is 5.32 Å². The average Bonchev–Trinajstić information content (AvgIpc) is 2.46. The molecule has 1 N–H and O–H groups in total. The Labute approximate surface area is 113 Å². The van der Waals surface area contributed by atoms with Crippen molar-refractivity contribution in [1.82, 2.24) is 10.2 Å². The lowest BCUT2D eigenvalue weighted by atomic mass is 9.84. The molecule has 3 fully saturated rings. The summed E-state index contributed by atoms with van der Waals surface area (Å²) >= 11 is 0. The molecular formula is C15H18FN3. The highest BCUT2D eigenvalue weighted by atomic mass is 19.1. The van der Waals surface area contributed by atoms with Crippen molar-refractivity contribution in [2.75, 3.05) is 19.6 Å². The van der Waals surface area contributed by atoms with Crippen molar-refractivity contribution in [2.24, 2.45) is 5.92 Å². The van der Waals surface area contributed by atoms with E-state index in [4.69, 9.17) is 5.26 Å². The molecule has 3 aliphatic rings. The molecule has 3 saturated heterocycles. The maximum absolute atomic E-state index is 13.3. The molecule has 4 rings (SSSR count). The molecule has 3 aliphatic heterocycles. The number of nitrogens with zero attached hydrogens (tertiary/aromatic N) is 2. The van der Waals surface area contributed by atoms with Gasteiger partial charge in [0.2, 0.25) is 0 Å². The number of hydrogen-bond donors (Lipinski definition) is 1. The van der Waals surface area contributed by atoms with Gasteiger partial charge in [0.25, 0.3) is 0 Å². The Hall–Kier alpha value is -1.44. The Kier molecular flexibility index (Phi) is 3.50. The highest BCUT2D eigenvalue weighted by Gasteiger charge is 2.33. The fraction of sp³-hybridized carbons (Fsp3) is 0.533. The third-order valence-electron chi connectivity index (χ3n) is 4.40. The van der Waals surface area contributed by atoms with Crippen LogP contribution in [0.5, 0.6) is 0 Å². The summed E-state index contributed by atoms with van der Waals surface area (Å²) in [5, 5.41) is 12.6. The highest BCUT2D eigenvalue weighted by molar-refractivity contribution is 5.37. The molecule has 0 saturated carbocycles. The average molecular weight is 259 g/mol. The van der Waals surface area contributed by atoms with Gasteiger partial charge in [-0.05, 0) is 55.6 Å². The topological polar surface area (TPSA) is 39.1 Å². The summed E-state index contributed by atoms with van der Waals surface area (Å²) in [4.78, 5) is 2.48. The monoisotopic (exact) mass is 259 g/mol. The third-order valence-corrected chi connectivity index (χ3v) is 4.40. The molecule has 0 amide bonds. The van der Waals surface area contributed by atoms with Gasteiger partial charge in [-0.1, -0.05) is 0 Å². The standard InChI is InChI=1S/C15H18FN3/c16-14-2-1-12(8-17)13(7-14)9-18-15-10-19-5-3-11(15)4-6-19/h1-2,7,11,15,18H,3-6,9-10H2. The smallest absolute Gasteiger partial charge is 0.123 e. The molecule has 1 unspecified atom stereocenters. The van der Waals surface area contributed by atoms with Crippen LogP contribution in [0.25, 0.3) is 0 Å². The maximum Gasteiger partial charge on any atom is 0.123 e. The number of fused-ring (bicyclic) bond motifs is 3.